The van der Waals surface area contributed by atoms with E-state index in [9.17, 15) is 22.8 Å². The summed E-state index contributed by atoms with van der Waals surface area (Å²) in [6.45, 7) is 4.02. The van der Waals surface area contributed by atoms with Gasteiger partial charge in [0.15, 0.2) is 0 Å². The lowest BCUT2D eigenvalue weighted by Gasteiger charge is -2.37. The van der Waals surface area contributed by atoms with Gasteiger partial charge in [-0.3, -0.25) is 9.78 Å². The van der Waals surface area contributed by atoms with Crippen LogP contribution in [0.2, 0.25) is 0 Å². The van der Waals surface area contributed by atoms with E-state index in [-0.39, 0.29) is 43.1 Å². The van der Waals surface area contributed by atoms with Gasteiger partial charge in [-0.05, 0) is 62.0 Å². The molecule has 0 spiro atoms. The fourth-order valence-electron chi connectivity index (χ4n) is 7.91. The molecule has 2 amide bonds. The Morgan fingerprint density at radius 1 is 1.16 bits per heavy atom. The first-order chi connectivity index (χ1) is 21.2. The lowest BCUT2D eigenvalue weighted by atomic mass is 9.78. The number of alkyl halides is 3. The van der Waals surface area contributed by atoms with Crippen LogP contribution in [0.1, 0.15) is 55.3 Å². The maximum atomic E-state index is 14.5. The van der Waals surface area contributed by atoms with E-state index in [1.807, 2.05) is 0 Å². The minimum absolute atomic E-state index is 0.0342. The lowest BCUT2D eigenvalue weighted by Crippen LogP contribution is -2.52. The van der Waals surface area contributed by atoms with E-state index in [0.29, 0.717) is 69.3 Å². The molecule has 0 radical (unpaired) electrons. The molecular formula is C31H43F3N4O6. The van der Waals surface area contributed by atoms with Crippen molar-refractivity contribution >= 4 is 12.0 Å². The smallest absolute Gasteiger partial charge is 0.417 e. The van der Waals surface area contributed by atoms with Gasteiger partial charge in [0, 0.05) is 83.5 Å². The Kier molecular flexibility index (Phi) is 9.37. The van der Waals surface area contributed by atoms with Crippen molar-refractivity contribution in [3.05, 3.63) is 29.1 Å². The molecule has 244 valence electrons. The fraction of sp³-hybridized carbons (Fsp3) is 0.774. The number of halogens is 3. The van der Waals surface area contributed by atoms with E-state index >= 15 is 0 Å². The molecule has 1 N–H and O–H groups in total. The standard InChI is InChI=1S/C31H43F3N4O6/c1-41-27-18-43-10-6-26(27)36-24-13-23-17-38(29(40)44-11-5-20-3-8-42-9-4-20)19-30(23,14-24)28(39)37-7-2-25-21(16-37)12-22(15-35-25)31(32,33)34/h12,15,20,23-24,26-27,36H,2-11,13-14,16-19H2,1H3/t23-,24+,26?,27-,30-/m0/s1. The number of fused-ring (bicyclic) bond motifs is 2. The molecule has 6 rings (SSSR count). The molecule has 13 heteroatoms. The van der Waals surface area contributed by atoms with Gasteiger partial charge in [-0.1, -0.05) is 0 Å². The zero-order chi connectivity index (χ0) is 30.9. The maximum absolute atomic E-state index is 14.5. The molecule has 5 heterocycles. The summed E-state index contributed by atoms with van der Waals surface area (Å²) in [5.74, 6) is 0.268. The number of carbonyl (C=O) groups is 2. The molecule has 1 aliphatic carbocycles. The summed E-state index contributed by atoms with van der Waals surface area (Å²) < 4.78 is 62.7. The summed E-state index contributed by atoms with van der Waals surface area (Å²) >= 11 is 0. The molecule has 10 nitrogen and oxygen atoms in total. The van der Waals surface area contributed by atoms with Crippen LogP contribution in [0, 0.1) is 17.3 Å². The first kappa shape index (κ1) is 31.5. The molecule has 5 aliphatic rings. The number of hydrogen-bond donors (Lipinski definition) is 1. The Morgan fingerprint density at radius 3 is 2.73 bits per heavy atom. The van der Waals surface area contributed by atoms with Crippen molar-refractivity contribution in [3.63, 3.8) is 0 Å². The third-order valence-electron chi connectivity index (χ3n) is 10.4. The Morgan fingerprint density at radius 2 is 1.95 bits per heavy atom. The van der Waals surface area contributed by atoms with Crippen LogP contribution in [0.4, 0.5) is 18.0 Å². The van der Waals surface area contributed by atoms with Gasteiger partial charge in [-0.2, -0.15) is 13.2 Å². The molecule has 1 saturated carbocycles. The number of aromatic nitrogens is 1. The van der Waals surface area contributed by atoms with Crippen LogP contribution in [0.15, 0.2) is 12.3 Å². The predicted octanol–water partition coefficient (Wildman–Crippen LogP) is 3.41. The zero-order valence-electron chi connectivity index (χ0n) is 25.3. The zero-order valence-corrected chi connectivity index (χ0v) is 25.3. The molecule has 5 atom stereocenters. The largest absolute Gasteiger partial charge is 0.449 e. The summed E-state index contributed by atoms with van der Waals surface area (Å²) in [5, 5.41) is 3.73. The van der Waals surface area contributed by atoms with E-state index < -0.39 is 23.2 Å². The van der Waals surface area contributed by atoms with Crippen molar-refractivity contribution < 1.29 is 41.7 Å². The van der Waals surface area contributed by atoms with Crippen LogP contribution < -0.4 is 5.32 Å². The molecule has 0 bridgehead atoms. The van der Waals surface area contributed by atoms with Crippen LogP contribution in [0.3, 0.4) is 0 Å². The van der Waals surface area contributed by atoms with Gasteiger partial charge in [0.1, 0.15) is 0 Å². The van der Waals surface area contributed by atoms with Crippen LogP contribution in [-0.4, -0.2) is 105 Å². The van der Waals surface area contributed by atoms with Crippen LogP contribution >= 0.6 is 0 Å². The number of pyridine rings is 1. The SMILES string of the molecule is CO[C@H]1COCCC1N[C@@H]1C[C@H]2CN(C(=O)OCCC3CCOCC3)C[C@@]2(C(=O)N2CCc3ncc(C(F)(F)F)cc3C2)C1. The monoisotopic (exact) mass is 624 g/mol. The number of nitrogens with zero attached hydrogens (tertiary/aromatic N) is 3. The molecule has 4 fully saturated rings. The molecular weight excluding hydrogens is 581 g/mol. The first-order valence-corrected chi connectivity index (χ1v) is 15.9. The second-order valence-corrected chi connectivity index (χ2v) is 13.0. The van der Waals surface area contributed by atoms with Crippen LogP contribution in [0.25, 0.3) is 0 Å². The summed E-state index contributed by atoms with van der Waals surface area (Å²) in [6, 6.07) is 1.24. The highest BCUT2D eigenvalue weighted by molar-refractivity contribution is 5.86. The Balaban J connectivity index is 1.17. The molecule has 1 aromatic heterocycles. The molecule has 1 aromatic rings. The molecule has 1 unspecified atom stereocenters. The molecule has 44 heavy (non-hydrogen) atoms. The minimum atomic E-state index is -4.51. The van der Waals surface area contributed by atoms with E-state index in [2.05, 4.69) is 10.3 Å². The first-order valence-electron chi connectivity index (χ1n) is 15.9. The number of likely N-dealkylation sites (tertiary alicyclic amines) is 1. The third kappa shape index (κ3) is 6.56. The second-order valence-electron chi connectivity index (χ2n) is 13.0. The van der Waals surface area contributed by atoms with Crippen molar-refractivity contribution in [1.82, 2.24) is 20.1 Å². The number of amides is 2. The third-order valence-corrected chi connectivity index (χ3v) is 10.4. The van der Waals surface area contributed by atoms with Crippen LogP contribution in [-0.2, 0) is 42.9 Å². The Hall–Kier alpha value is -2.48. The minimum Gasteiger partial charge on any atom is -0.449 e. The highest BCUT2D eigenvalue weighted by atomic mass is 19.4. The summed E-state index contributed by atoms with van der Waals surface area (Å²) in [4.78, 5) is 35.1. The average molecular weight is 625 g/mol. The number of carbonyl (C=O) groups excluding carboxylic acids is 2. The highest BCUT2D eigenvalue weighted by Crippen LogP contribution is 2.51. The number of nitrogens with one attached hydrogen (secondary N) is 1. The maximum Gasteiger partial charge on any atom is 0.417 e. The van der Waals surface area contributed by atoms with Crippen molar-refractivity contribution in [2.45, 2.75) is 75.9 Å². The number of methoxy groups -OCH3 is 1. The Labute approximate surface area is 255 Å². The number of rotatable bonds is 7. The van der Waals surface area contributed by atoms with Crippen molar-refractivity contribution in [1.29, 1.82) is 0 Å². The molecule has 4 aliphatic heterocycles. The van der Waals surface area contributed by atoms with Gasteiger partial charge >= 0.3 is 12.3 Å². The van der Waals surface area contributed by atoms with Gasteiger partial charge in [0.05, 0.1) is 30.3 Å². The molecule has 0 aromatic carbocycles. The van der Waals surface area contributed by atoms with Crippen molar-refractivity contribution in [2.24, 2.45) is 17.3 Å². The van der Waals surface area contributed by atoms with Crippen LogP contribution in [0.5, 0.6) is 0 Å². The highest BCUT2D eigenvalue weighted by Gasteiger charge is 2.60. The van der Waals surface area contributed by atoms with Gasteiger partial charge in [-0.15, -0.1) is 0 Å². The molecule has 3 saturated heterocycles. The number of hydrogen-bond acceptors (Lipinski definition) is 8. The van der Waals surface area contributed by atoms with Crippen molar-refractivity contribution in [3.8, 4) is 0 Å². The van der Waals surface area contributed by atoms with E-state index in [1.54, 1.807) is 16.9 Å². The van der Waals surface area contributed by atoms with Gasteiger partial charge in [0.2, 0.25) is 5.91 Å². The van der Waals surface area contributed by atoms with Crippen molar-refractivity contribution in [2.75, 3.05) is 59.8 Å². The number of ether oxygens (including phenoxy) is 4. The van der Waals surface area contributed by atoms with E-state index in [0.717, 1.165) is 51.2 Å². The van der Waals surface area contributed by atoms with Gasteiger partial charge in [0.25, 0.3) is 0 Å². The average Bonchev–Trinajstić information content (AvgIpc) is 3.55. The van der Waals surface area contributed by atoms with Gasteiger partial charge in [-0.25, -0.2) is 4.79 Å². The van der Waals surface area contributed by atoms with E-state index in [1.165, 1.54) is 0 Å². The fourth-order valence-corrected chi connectivity index (χ4v) is 7.91. The summed E-state index contributed by atoms with van der Waals surface area (Å²) in [7, 11) is 1.67. The lowest BCUT2D eigenvalue weighted by molar-refractivity contribution is -0.143. The van der Waals surface area contributed by atoms with Gasteiger partial charge < -0.3 is 34.1 Å². The summed E-state index contributed by atoms with van der Waals surface area (Å²) in [6.07, 6.45) is 0.985. The predicted molar refractivity (Wildman–Crippen MR) is 152 cm³/mol. The van der Waals surface area contributed by atoms with E-state index in [4.69, 9.17) is 18.9 Å². The second kappa shape index (κ2) is 13.1. The normalized spacial score (nSPS) is 31.1. The topological polar surface area (TPSA) is 102 Å². The summed E-state index contributed by atoms with van der Waals surface area (Å²) in [5.41, 5.74) is -0.648. The Bertz CT molecular complexity index is 1200. The quantitative estimate of drug-likeness (QED) is 0.493.